The summed E-state index contributed by atoms with van der Waals surface area (Å²) >= 11 is 0. The van der Waals surface area contributed by atoms with E-state index in [-0.39, 0.29) is 17.3 Å². The summed E-state index contributed by atoms with van der Waals surface area (Å²) in [6, 6.07) is 1.48. The second kappa shape index (κ2) is 3.96. The van der Waals surface area contributed by atoms with E-state index in [0.29, 0.717) is 5.56 Å². The Morgan fingerprint density at radius 2 is 2.35 bits per heavy atom. The lowest BCUT2D eigenvalue weighted by Crippen LogP contribution is -2.16. The molecule has 86 valence electrons. The number of nitrogens with one attached hydrogen (secondary N) is 1. The third kappa shape index (κ3) is 1.93. The molecule has 9 nitrogen and oxygen atoms in total. The van der Waals surface area contributed by atoms with Gasteiger partial charge in [-0.1, -0.05) is 0 Å². The largest absolute Gasteiger partial charge is 0.384 e. The van der Waals surface area contributed by atoms with Crippen molar-refractivity contribution < 1.29 is 4.92 Å². The van der Waals surface area contributed by atoms with Gasteiger partial charge in [0.25, 0.3) is 0 Å². The van der Waals surface area contributed by atoms with Crippen LogP contribution in [0.3, 0.4) is 0 Å². The van der Waals surface area contributed by atoms with Crippen LogP contribution in [0.1, 0.15) is 5.56 Å². The highest BCUT2D eigenvalue weighted by Crippen LogP contribution is 2.14. The first-order valence-electron chi connectivity index (χ1n) is 4.45. The van der Waals surface area contributed by atoms with Crippen molar-refractivity contribution in [2.24, 2.45) is 5.73 Å². The maximum Gasteiger partial charge on any atom is 0.307 e. The van der Waals surface area contributed by atoms with Gasteiger partial charge < -0.3 is 5.73 Å². The van der Waals surface area contributed by atoms with Gasteiger partial charge >= 0.3 is 5.69 Å². The van der Waals surface area contributed by atoms with Gasteiger partial charge in [-0.15, -0.1) is 5.10 Å². The first-order chi connectivity index (χ1) is 8.09. The second-order valence-electron chi connectivity index (χ2n) is 3.08. The van der Waals surface area contributed by atoms with Crippen LogP contribution < -0.4 is 5.73 Å². The number of nitrogens with two attached hydrogens (primary N) is 1. The van der Waals surface area contributed by atoms with Crippen molar-refractivity contribution in [2.75, 3.05) is 0 Å². The molecule has 0 radical (unpaired) electrons. The Hall–Kier alpha value is -2.84. The summed E-state index contributed by atoms with van der Waals surface area (Å²) in [6.07, 6.45) is 3.63. The Morgan fingerprint density at radius 3 is 2.94 bits per heavy atom. The van der Waals surface area contributed by atoms with Crippen LogP contribution in [-0.2, 0) is 0 Å². The normalized spacial score (nSPS) is 10.1. The summed E-state index contributed by atoms with van der Waals surface area (Å²) in [5, 5.41) is 29.0. The lowest BCUT2D eigenvalue weighted by molar-refractivity contribution is -0.384. The molecule has 2 aromatic rings. The average Bonchev–Trinajstić information content (AvgIpc) is 2.78. The average molecular weight is 233 g/mol. The molecule has 0 aliphatic carbocycles. The van der Waals surface area contributed by atoms with E-state index < -0.39 is 4.92 Å². The van der Waals surface area contributed by atoms with Gasteiger partial charge in [0.1, 0.15) is 18.2 Å². The van der Waals surface area contributed by atoms with Gasteiger partial charge in [-0.2, -0.15) is 10.2 Å². The molecule has 3 N–H and O–H groups in total. The molecule has 0 bridgehead atoms. The van der Waals surface area contributed by atoms with E-state index in [4.69, 9.17) is 11.1 Å². The molecule has 0 saturated heterocycles. The number of rotatable bonds is 3. The van der Waals surface area contributed by atoms with Crippen molar-refractivity contribution in [1.29, 1.82) is 5.41 Å². The fourth-order valence-electron chi connectivity index (χ4n) is 1.23. The minimum absolute atomic E-state index is 0.174. The Balaban J connectivity index is 2.52. The molecular formula is C8H7N7O2. The minimum atomic E-state index is -0.576. The summed E-state index contributed by atoms with van der Waals surface area (Å²) in [5.74, 6) is -0.0406. The molecule has 0 aliphatic rings. The number of amidine groups is 1. The van der Waals surface area contributed by atoms with E-state index in [0.717, 1.165) is 10.9 Å². The van der Waals surface area contributed by atoms with E-state index in [1.54, 1.807) is 0 Å². The Kier molecular flexibility index (Phi) is 2.49. The number of aromatic nitrogens is 4. The first-order valence-corrected chi connectivity index (χ1v) is 4.45. The Morgan fingerprint density at radius 1 is 1.59 bits per heavy atom. The lowest BCUT2D eigenvalue weighted by atomic mass is 10.2. The van der Waals surface area contributed by atoms with Crippen molar-refractivity contribution in [3.63, 3.8) is 0 Å². The monoisotopic (exact) mass is 233 g/mol. The molecule has 17 heavy (non-hydrogen) atoms. The first kappa shape index (κ1) is 10.7. The second-order valence-corrected chi connectivity index (χ2v) is 3.08. The molecule has 0 spiro atoms. The Bertz CT molecular complexity index is 591. The molecule has 2 heterocycles. The van der Waals surface area contributed by atoms with Gasteiger partial charge in [0.15, 0.2) is 5.82 Å². The number of hydrogen-bond donors (Lipinski definition) is 2. The lowest BCUT2D eigenvalue weighted by Gasteiger charge is -2.04. The maximum absolute atomic E-state index is 10.5. The number of nitrogen functional groups attached to an aromatic ring is 1. The van der Waals surface area contributed by atoms with Gasteiger partial charge in [0, 0.05) is 0 Å². The topological polar surface area (TPSA) is 137 Å². The van der Waals surface area contributed by atoms with Gasteiger partial charge in [-0.05, 0) is 6.07 Å². The number of hydrogen-bond acceptors (Lipinski definition) is 6. The summed E-state index contributed by atoms with van der Waals surface area (Å²) in [6.45, 7) is 0. The molecule has 2 aromatic heterocycles. The van der Waals surface area contributed by atoms with Crippen LogP contribution in [0, 0.1) is 15.5 Å². The molecule has 0 fully saturated rings. The summed E-state index contributed by atoms with van der Waals surface area (Å²) in [4.78, 5) is 9.94. The van der Waals surface area contributed by atoms with Crippen LogP contribution >= 0.6 is 0 Å². The summed E-state index contributed by atoms with van der Waals surface area (Å²) < 4.78 is 1.15. The van der Waals surface area contributed by atoms with E-state index >= 15 is 0 Å². The van der Waals surface area contributed by atoms with E-state index in [1.807, 2.05) is 0 Å². The maximum atomic E-state index is 10.5. The highest BCUT2D eigenvalue weighted by molar-refractivity contribution is 5.97. The van der Waals surface area contributed by atoms with E-state index in [9.17, 15) is 10.1 Å². The zero-order valence-electron chi connectivity index (χ0n) is 8.44. The molecule has 0 amide bonds. The van der Waals surface area contributed by atoms with Crippen LogP contribution in [0.15, 0.2) is 24.7 Å². The number of nitro groups is 1. The predicted molar refractivity (Wildman–Crippen MR) is 56.8 cm³/mol. The molecule has 0 aliphatic heterocycles. The van der Waals surface area contributed by atoms with Crippen LogP contribution in [0.2, 0.25) is 0 Å². The number of nitrogens with zero attached hydrogens (tertiary/aromatic N) is 5. The van der Waals surface area contributed by atoms with Crippen molar-refractivity contribution in [3.8, 4) is 5.82 Å². The van der Waals surface area contributed by atoms with E-state index in [1.165, 1.54) is 18.5 Å². The SMILES string of the molecule is N=C(N)c1ccnnc1-n1cc([N+](=O)[O-])cn1. The highest BCUT2D eigenvalue weighted by Gasteiger charge is 2.14. The fraction of sp³-hybridized carbons (Fsp3) is 0. The van der Waals surface area contributed by atoms with Crippen LogP contribution in [0.25, 0.3) is 5.82 Å². The molecule has 0 atom stereocenters. The van der Waals surface area contributed by atoms with Crippen LogP contribution in [0.5, 0.6) is 0 Å². The zero-order chi connectivity index (χ0) is 12.4. The van der Waals surface area contributed by atoms with Crippen LogP contribution in [-0.4, -0.2) is 30.7 Å². The van der Waals surface area contributed by atoms with Crippen molar-refractivity contribution in [3.05, 3.63) is 40.3 Å². The fourth-order valence-corrected chi connectivity index (χ4v) is 1.23. The van der Waals surface area contributed by atoms with Gasteiger partial charge in [0.05, 0.1) is 16.7 Å². The molecular weight excluding hydrogens is 226 g/mol. The molecule has 0 aromatic carbocycles. The quantitative estimate of drug-likeness (QED) is 0.327. The highest BCUT2D eigenvalue weighted by atomic mass is 16.6. The molecule has 9 heteroatoms. The third-order valence-electron chi connectivity index (χ3n) is 1.99. The van der Waals surface area contributed by atoms with E-state index in [2.05, 4.69) is 15.3 Å². The smallest absolute Gasteiger partial charge is 0.307 e. The van der Waals surface area contributed by atoms with Gasteiger partial charge in [-0.25, -0.2) is 4.68 Å². The zero-order valence-corrected chi connectivity index (χ0v) is 8.44. The van der Waals surface area contributed by atoms with Crippen LogP contribution in [0.4, 0.5) is 5.69 Å². The minimum Gasteiger partial charge on any atom is -0.384 e. The molecule has 0 unspecified atom stereocenters. The van der Waals surface area contributed by atoms with Gasteiger partial charge in [-0.3, -0.25) is 15.5 Å². The third-order valence-corrected chi connectivity index (χ3v) is 1.99. The van der Waals surface area contributed by atoms with Crippen molar-refractivity contribution in [2.45, 2.75) is 0 Å². The summed E-state index contributed by atoms with van der Waals surface area (Å²) in [7, 11) is 0. The standard InChI is InChI=1S/C8H7N7O2/c9-7(10)6-1-2-11-13-8(6)14-4-5(3-12-14)15(16)17/h1-4H,(H3,9,10). The van der Waals surface area contributed by atoms with Gasteiger partial charge in [0.2, 0.25) is 0 Å². The van der Waals surface area contributed by atoms with Crippen molar-refractivity contribution >= 4 is 11.5 Å². The van der Waals surface area contributed by atoms with Crippen molar-refractivity contribution in [1.82, 2.24) is 20.0 Å². The molecule has 2 rings (SSSR count). The molecule has 0 saturated carbocycles. The predicted octanol–water partition coefficient (Wildman–Crippen LogP) is -0.145. The summed E-state index contributed by atoms with van der Waals surface area (Å²) in [5.41, 5.74) is 5.49. The Labute approximate surface area is 94.5 Å².